The molecule has 70 valence electrons. The van der Waals surface area contributed by atoms with Gasteiger partial charge in [-0.05, 0) is 19.3 Å². The second-order valence-corrected chi connectivity index (χ2v) is 2.73. The highest BCUT2D eigenvalue weighted by atomic mass is 16.4. The SMILES string of the molecule is C=O.Cc1ccc(B(O)O)c(C)c1. The van der Waals surface area contributed by atoms with Crippen LogP contribution in [0.5, 0.6) is 0 Å². The van der Waals surface area contributed by atoms with Crippen molar-refractivity contribution in [3.8, 4) is 0 Å². The second kappa shape index (κ2) is 5.51. The monoisotopic (exact) mass is 180 g/mol. The van der Waals surface area contributed by atoms with Gasteiger partial charge in [0.05, 0.1) is 0 Å². The van der Waals surface area contributed by atoms with Gasteiger partial charge in [0.15, 0.2) is 0 Å². The van der Waals surface area contributed by atoms with Crippen LogP contribution in [0.2, 0.25) is 0 Å². The van der Waals surface area contributed by atoms with E-state index < -0.39 is 7.12 Å². The highest BCUT2D eigenvalue weighted by Crippen LogP contribution is 1.99. The Kier molecular flexibility index (Phi) is 5.03. The summed E-state index contributed by atoms with van der Waals surface area (Å²) >= 11 is 0. The molecule has 0 heterocycles. The third-order valence-corrected chi connectivity index (χ3v) is 1.70. The van der Waals surface area contributed by atoms with Gasteiger partial charge in [-0.2, -0.15) is 0 Å². The summed E-state index contributed by atoms with van der Waals surface area (Å²) in [6.07, 6.45) is 0. The van der Waals surface area contributed by atoms with E-state index >= 15 is 0 Å². The van der Waals surface area contributed by atoms with E-state index in [1.807, 2.05) is 32.8 Å². The summed E-state index contributed by atoms with van der Waals surface area (Å²) in [6, 6.07) is 5.52. The molecule has 2 N–H and O–H groups in total. The standard InChI is InChI=1S/C8H11BO2.CH2O/c1-6-3-4-8(9(10)11)7(2)5-6;1-2/h3-5,10-11H,1-2H3;1H2. The number of aryl methyl sites for hydroxylation is 2. The highest BCUT2D eigenvalue weighted by Gasteiger charge is 2.12. The summed E-state index contributed by atoms with van der Waals surface area (Å²) in [6.45, 7) is 5.84. The molecule has 0 aliphatic heterocycles. The molecule has 1 rings (SSSR count). The fraction of sp³-hybridized carbons (Fsp3) is 0.222. The molecule has 0 saturated heterocycles. The van der Waals surface area contributed by atoms with Gasteiger partial charge < -0.3 is 14.8 Å². The molecule has 13 heavy (non-hydrogen) atoms. The molecular formula is C9H13BO3. The normalized spacial score (nSPS) is 8.62. The summed E-state index contributed by atoms with van der Waals surface area (Å²) in [5.74, 6) is 0. The fourth-order valence-corrected chi connectivity index (χ4v) is 1.12. The van der Waals surface area contributed by atoms with Crippen molar-refractivity contribution in [2.24, 2.45) is 0 Å². The first-order valence-corrected chi connectivity index (χ1v) is 3.83. The van der Waals surface area contributed by atoms with Crippen molar-refractivity contribution >= 4 is 19.4 Å². The van der Waals surface area contributed by atoms with Gasteiger partial charge in [0.1, 0.15) is 6.79 Å². The molecular weight excluding hydrogens is 167 g/mol. The van der Waals surface area contributed by atoms with Crippen molar-refractivity contribution in [1.82, 2.24) is 0 Å². The van der Waals surface area contributed by atoms with Crippen LogP contribution in [-0.2, 0) is 4.79 Å². The van der Waals surface area contributed by atoms with E-state index in [9.17, 15) is 0 Å². The van der Waals surface area contributed by atoms with Crippen LogP contribution in [0, 0.1) is 13.8 Å². The molecule has 0 unspecified atom stereocenters. The molecule has 0 fully saturated rings. The molecule has 0 spiro atoms. The van der Waals surface area contributed by atoms with Crippen LogP contribution >= 0.6 is 0 Å². The number of carbonyl (C=O) groups excluding carboxylic acids is 1. The maximum absolute atomic E-state index is 8.85. The lowest BCUT2D eigenvalue weighted by atomic mass is 9.77. The van der Waals surface area contributed by atoms with Gasteiger partial charge >= 0.3 is 7.12 Å². The molecule has 0 amide bonds. The highest BCUT2D eigenvalue weighted by molar-refractivity contribution is 6.59. The fourth-order valence-electron chi connectivity index (χ4n) is 1.12. The molecule has 0 atom stereocenters. The summed E-state index contributed by atoms with van der Waals surface area (Å²) in [4.78, 5) is 8.00. The summed E-state index contributed by atoms with van der Waals surface area (Å²) in [5.41, 5.74) is 2.63. The van der Waals surface area contributed by atoms with E-state index in [1.165, 1.54) is 0 Å². The number of benzene rings is 1. The van der Waals surface area contributed by atoms with Gasteiger partial charge in [-0.3, -0.25) is 0 Å². The topological polar surface area (TPSA) is 57.5 Å². The molecule has 0 radical (unpaired) electrons. The third kappa shape index (κ3) is 3.40. The van der Waals surface area contributed by atoms with Crippen molar-refractivity contribution < 1.29 is 14.8 Å². The average molecular weight is 180 g/mol. The minimum absolute atomic E-state index is 0.579. The van der Waals surface area contributed by atoms with Crippen molar-refractivity contribution in [3.05, 3.63) is 29.3 Å². The molecule has 0 aromatic heterocycles. The lowest BCUT2D eigenvalue weighted by Gasteiger charge is -2.04. The van der Waals surface area contributed by atoms with Gasteiger partial charge in [0, 0.05) is 0 Å². The van der Waals surface area contributed by atoms with Crippen LogP contribution in [0.3, 0.4) is 0 Å². The third-order valence-electron chi connectivity index (χ3n) is 1.70. The van der Waals surface area contributed by atoms with Gasteiger partial charge in [0.25, 0.3) is 0 Å². The Bertz CT molecular complexity index is 274. The minimum Gasteiger partial charge on any atom is -0.423 e. The molecule has 3 nitrogen and oxygen atoms in total. The Morgan fingerprint density at radius 1 is 1.23 bits per heavy atom. The molecule has 0 bridgehead atoms. The van der Waals surface area contributed by atoms with Crippen molar-refractivity contribution in [2.75, 3.05) is 0 Å². The van der Waals surface area contributed by atoms with Gasteiger partial charge in [-0.15, -0.1) is 0 Å². The quantitative estimate of drug-likeness (QED) is 0.588. The number of carbonyl (C=O) groups is 1. The van der Waals surface area contributed by atoms with Crippen LogP contribution in [0.15, 0.2) is 18.2 Å². The maximum Gasteiger partial charge on any atom is 0.488 e. The van der Waals surface area contributed by atoms with E-state index in [2.05, 4.69) is 0 Å². The van der Waals surface area contributed by atoms with E-state index in [0.717, 1.165) is 11.1 Å². The van der Waals surface area contributed by atoms with Crippen LogP contribution in [0.4, 0.5) is 0 Å². The molecule has 0 aliphatic rings. The Labute approximate surface area is 78.2 Å². The van der Waals surface area contributed by atoms with Crippen molar-refractivity contribution in [3.63, 3.8) is 0 Å². The second-order valence-electron chi connectivity index (χ2n) is 2.73. The molecule has 1 aromatic rings. The Morgan fingerprint density at radius 2 is 1.77 bits per heavy atom. The van der Waals surface area contributed by atoms with Crippen LogP contribution < -0.4 is 5.46 Å². The minimum atomic E-state index is -1.35. The van der Waals surface area contributed by atoms with Crippen LogP contribution in [0.1, 0.15) is 11.1 Å². The molecule has 0 saturated carbocycles. The lowest BCUT2D eigenvalue weighted by Crippen LogP contribution is -2.31. The van der Waals surface area contributed by atoms with Gasteiger partial charge in [-0.25, -0.2) is 0 Å². The van der Waals surface area contributed by atoms with Gasteiger partial charge in [-0.1, -0.05) is 29.3 Å². The van der Waals surface area contributed by atoms with Crippen molar-refractivity contribution in [1.29, 1.82) is 0 Å². The zero-order chi connectivity index (χ0) is 10.4. The van der Waals surface area contributed by atoms with E-state index in [1.54, 1.807) is 6.07 Å². The predicted molar refractivity (Wildman–Crippen MR) is 52.9 cm³/mol. The van der Waals surface area contributed by atoms with E-state index in [-0.39, 0.29) is 0 Å². The molecule has 1 aromatic carbocycles. The lowest BCUT2D eigenvalue weighted by molar-refractivity contribution is -0.0979. The number of hydrogen-bond acceptors (Lipinski definition) is 3. The van der Waals surface area contributed by atoms with E-state index in [4.69, 9.17) is 14.8 Å². The maximum atomic E-state index is 8.85. The van der Waals surface area contributed by atoms with Crippen LogP contribution in [0.25, 0.3) is 0 Å². The number of rotatable bonds is 1. The van der Waals surface area contributed by atoms with E-state index in [0.29, 0.717) is 5.46 Å². The summed E-state index contributed by atoms with van der Waals surface area (Å²) in [5, 5.41) is 17.7. The largest absolute Gasteiger partial charge is 0.488 e. The first-order chi connectivity index (χ1) is 6.11. The summed E-state index contributed by atoms with van der Waals surface area (Å²) in [7, 11) is -1.35. The molecule has 0 aliphatic carbocycles. The van der Waals surface area contributed by atoms with Crippen molar-refractivity contribution in [2.45, 2.75) is 13.8 Å². The molecule has 4 heteroatoms. The average Bonchev–Trinajstić information content (AvgIpc) is 2.07. The van der Waals surface area contributed by atoms with Crippen LogP contribution in [-0.4, -0.2) is 24.0 Å². The smallest absolute Gasteiger partial charge is 0.423 e. The number of hydrogen-bond donors (Lipinski definition) is 2. The summed E-state index contributed by atoms with van der Waals surface area (Å²) < 4.78 is 0. The first kappa shape index (κ1) is 11.9. The first-order valence-electron chi connectivity index (χ1n) is 3.83. The zero-order valence-corrected chi connectivity index (χ0v) is 7.82. The Hall–Kier alpha value is -1.13. The zero-order valence-electron chi connectivity index (χ0n) is 7.82. The van der Waals surface area contributed by atoms with Gasteiger partial charge in [0.2, 0.25) is 0 Å². The Balaban J connectivity index is 0.000000671. The Morgan fingerprint density at radius 3 is 2.15 bits per heavy atom. The predicted octanol–water partition coefficient (Wildman–Crippen LogP) is -0.202.